The fourth-order valence-corrected chi connectivity index (χ4v) is 1.55. The molecule has 0 aliphatic rings. The van der Waals surface area contributed by atoms with E-state index in [0.717, 1.165) is 12.1 Å². The van der Waals surface area contributed by atoms with Crippen LogP contribution in [-0.4, -0.2) is 17.6 Å². The van der Waals surface area contributed by atoms with Crippen LogP contribution in [-0.2, 0) is 11.2 Å². The molecule has 3 heteroatoms. The summed E-state index contributed by atoms with van der Waals surface area (Å²) in [5.41, 5.74) is 2.38. The van der Waals surface area contributed by atoms with Gasteiger partial charge in [-0.2, -0.15) is 0 Å². The van der Waals surface area contributed by atoms with Crippen molar-refractivity contribution in [1.29, 1.82) is 0 Å². The molecule has 0 bridgehead atoms. The molecule has 0 radical (unpaired) electrons. The third-order valence-electron chi connectivity index (χ3n) is 2.71. The quantitative estimate of drug-likeness (QED) is 0.776. The Labute approximate surface area is 96.5 Å². The van der Waals surface area contributed by atoms with Gasteiger partial charge in [0, 0.05) is 12.2 Å². The van der Waals surface area contributed by atoms with Crippen molar-refractivity contribution in [2.75, 3.05) is 11.9 Å². The molecule has 0 amide bonds. The Morgan fingerprint density at radius 3 is 2.75 bits per heavy atom. The van der Waals surface area contributed by atoms with Gasteiger partial charge in [0.05, 0.1) is 5.92 Å². The van der Waals surface area contributed by atoms with Gasteiger partial charge in [0.1, 0.15) is 0 Å². The number of nitrogens with one attached hydrogen (secondary N) is 1. The van der Waals surface area contributed by atoms with Crippen molar-refractivity contribution in [3.63, 3.8) is 0 Å². The summed E-state index contributed by atoms with van der Waals surface area (Å²) in [5, 5.41) is 12.0. The third-order valence-corrected chi connectivity index (χ3v) is 2.71. The molecule has 16 heavy (non-hydrogen) atoms. The Hall–Kier alpha value is -1.51. The highest BCUT2D eigenvalue weighted by atomic mass is 16.4. The standard InChI is InChI=1S/C13H19NO2/c1-3-11-6-4-5-7-12(11)14-9-8-10(2)13(15)16/h4-7,10,14H,3,8-9H2,1-2H3,(H,15,16). The van der Waals surface area contributed by atoms with Crippen LogP contribution in [0.2, 0.25) is 0 Å². The summed E-state index contributed by atoms with van der Waals surface area (Å²) in [7, 11) is 0. The number of benzene rings is 1. The molecule has 88 valence electrons. The molecule has 1 atom stereocenters. The van der Waals surface area contributed by atoms with E-state index in [1.165, 1.54) is 5.56 Å². The van der Waals surface area contributed by atoms with Crippen LogP contribution < -0.4 is 5.32 Å². The van der Waals surface area contributed by atoms with Crippen molar-refractivity contribution in [2.24, 2.45) is 5.92 Å². The van der Waals surface area contributed by atoms with E-state index in [0.29, 0.717) is 13.0 Å². The van der Waals surface area contributed by atoms with E-state index < -0.39 is 5.97 Å². The van der Waals surface area contributed by atoms with Gasteiger partial charge < -0.3 is 10.4 Å². The first-order valence-corrected chi connectivity index (χ1v) is 5.69. The average Bonchev–Trinajstić information content (AvgIpc) is 2.29. The molecule has 1 aromatic rings. The number of carboxylic acid groups (broad SMARTS) is 1. The summed E-state index contributed by atoms with van der Waals surface area (Å²) in [6, 6.07) is 8.12. The van der Waals surface area contributed by atoms with Crippen LogP contribution in [0.15, 0.2) is 24.3 Å². The maximum absolute atomic E-state index is 10.6. The van der Waals surface area contributed by atoms with Gasteiger partial charge in [-0.15, -0.1) is 0 Å². The fraction of sp³-hybridized carbons (Fsp3) is 0.462. The Morgan fingerprint density at radius 1 is 1.44 bits per heavy atom. The molecule has 2 N–H and O–H groups in total. The Balaban J connectivity index is 2.45. The van der Waals surface area contributed by atoms with E-state index in [1.807, 2.05) is 18.2 Å². The largest absolute Gasteiger partial charge is 0.481 e. The molecule has 1 rings (SSSR count). The molecule has 0 aliphatic carbocycles. The Bertz CT molecular complexity index is 350. The number of carboxylic acids is 1. The molecule has 0 saturated heterocycles. The molecule has 0 fully saturated rings. The summed E-state index contributed by atoms with van der Waals surface area (Å²) in [5.74, 6) is -1.02. The highest BCUT2D eigenvalue weighted by molar-refractivity contribution is 5.69. The van der Waals surface area contributed by atoms with Gasteiger partial charge in [0.15, 0.2) is 0 Å². The number of para-hydroxylation sites is 1. The normalized spacial score (nSPS) is 12.1. The fourth-order valence-electron chi connectivity index (χ4n) is 1.55. The maximum atomic E-state index is 10.6. The number of hydrogen-bond acceptors (Lipinski definition) is 2. The zero-order chi connectivity index (χ0) is 12.0. The summed E-state index contributed by atoms with van der Waals surface area (Å²) in [6.07, 6.45) is 1.63. The minimum atomic E-state index is -0.731. The number of hydrogen-bond donors (Lipinski definition) is 2. The first-order chi connectivity index (χ1) is 7.65. The van der Waals surface area contributed by atoms with Gasteiger partial charge in [-0.05, 0) is 24.5 Å². The van der Waals surface area contributed by atoms with Gasteiger partial charge in [-0.3, -0.25) is 4.79 Å². The minimum Gasteiger partial charge on any atom is -0.481 e. The number of rotatable bonds is 6. The van der Waals surface area contributed by atoms with Crippen LogP contribution in [0.3, 0.4) is 0 Å². The smallest absolute Gasteiger partial charge is 0.306 e. The lowest BCUT2D eigenvalue weighted by atomic mass is 10.1. The summed E-state index contributed by atoms with van der Waals surface area (Å²) in [4.78, 5) is 10.6. The Kier molecular flexibility index (Phi) is 4.83. The van der Waals surface area contributed by atoms with Gasteiger partial charge in [0.2, 0.25) is 0 Å². The van der Waals surface area contributed by atoms with Gasteiger partial charge >= 0.3 is 5.97 Å². The lowest BCUT2D eigenvalue weighted by molar-refractivity contribution is -0.141. The SMILES string of the molecule is CCc1ccccc1NCCC(C)C(=O)O. The van der Waals surface area contributed by atoms with Crippen molar-refractivity contribution < 1.29 is 9.90 Å². The molecular formula is C13H19NO2. The van der Waals surface area contributed by atoms with Gasteiger partial charge in [-0.25, -0.2) is 0 Å². The molecule has 0 aromatic heterocycles. The van der Waals surface area contributed by atoms with Crippen LogP contribution in [0.4, 0.5) is 5.69 Å². The molecule has 0 saturated carbocycles. The lowest BCUT2D eigenvalue weighted by Gasteiger charge is -2.12. The number of aryl methyl sites for hydroxylation is 1. The molecule has 0 heterocycles. The third kappa shape index (κ3) is 3.57. The van der Waals surface area contributed by atoms with E-state index in [1.54, 1.807) is 6.92 Å². The van der Waals surface area contributed by atoms with Crippen molar-refractivity contribution in [3.05, 3.63) is 29.8 Å². The number of aliphatic carboxylic acids is 1. The molecule has 1 aromatic carbocycles. The number of carbonyl (C=O) groups is 1. The summed E-state index contributed by atoms with van der Waals surface area (Å²) in [6.45, 7) is 4.54. The van der Waals surface area contributed by atoms with Gasteiger partial charge in [0.25, 0.3) is 0 Å². The molecule has 0 spiro atoms. The Morgan fingerprint density at radius 2 is 2.12 bits per heavy atom. The minimum absolute atomic E-state index is 0.290. The molecule has 3 nitrogen and oxygen atoms in total. The average molecular weight is 221 g/mol. The van der Waals surface area contributed by atoms with E-state index in [4.69, 9.17) is 5.11 Å². The van der Waals surface area contributed by atoms with Crippen LogP contribution in [0.1, 0.15) is 25.8 Å². The highest BCUT2D eigenvalue weighted by Gasteiger charge is 2.09. The highest BCUT2D eigenvalue weighted by Crippen LogP contribution is 2.15. The monoisotopic (exact) mass is 221 g/mol. The molecule has 0 aliphatic heterocycles. The van der Waals surface area contributed by atoms with Crippen molar-refractivity contribution >= 4 is 11.7 Å². The van der Waals surface area contributed by atoms with E-state index >= 15 is 0 Å². The second-order valence-corrected chi connectivity index (χ2v) is 3.97. The second kappa shape index (κ2) is 6.16. The molecule has 1 unspecified atom stereocenters. The van der Waals surface area contributed by atoms with Crippen molar-refractivity contribution in [2.45, 2.75) is 26.7 Å². The van der Waals surface area contributed by atoms with E-state index in [2.05, 4.69) is 18.3 Å². The van der Waals surface area contributed by atoms with Crippen LogP contribution in [0, 0.1) is 5.92 Å². The zero-order valence-corrected chi connectivity index (χ0v) is 9.86. The van der Waals surface area contributed by atoms with Crippen LogP contribution in [0.5, 0.6) is 0 Å². The second-order valence-electron chi connectivity index (χ2n) is 3.97. The lowest BCUT2D eigenvalue weighted by Crippen LogP contribution is -2.14. The van der Waals surface area contributed by atoms with Crippen molar-refractivity contribution in [3.8, 4) is 0 Å². The number of anilines is 1. The molecular weight excluding hydrogens is 202 g/mol. The van der Waals surface area contributed by atoms with Gasteiger partial charge in [-0.1, -0.05) is 32.0 Å². The van der Waals surface area contributed by atoms with Crippen molar-refractivity contribution in [1.82, 2.24) is 0 Å². The van der Waals surface area contributed by atoms with Crippen LogP contribution in [0.25, 0.3) is 0 Å². The topological polar surface area (TPSA) is 49.3 Å². The van der Waals surface area contributed by atoms with E-state index in [-0.39, 0.29) is 5.92 Å². The summed E-state index contributed by atoms with van der Waals surface area (Å²) < 4.78 is 0. The summed E-state index contributed by atoms with van der Waals surface area (Å²) >= 11 is 0. The first-order valence-electron chi connectivity index (χ1n) is 5.69. The maximum Gasteiger partial charge on any atom is 0.306 e. The van der Waals surface area contributed by atoms with E-state index in [9.17, 15) is 4.79 Å². The first kappa shape index (κ1) is 12.6. The predicted molar refractivity (Wildman–Crippen MR) is 65.7 cm³/mol. The predicted octanol–water partition coefficient (Wildman–Crippen LogP) is 2.77. The van der Waals surface area contributed by atoms with Crippen LogP contribution >= 0.6 is 0 Å². The zero-order valence-electron chi connectivity index (χ0n) is 9.86.